The largest absolute Gasteiger partial charge is 0.326 e. The van der Waals surface area contributed by atoms with Gasteiger partial charge in [0, 0.05) is 18.8 Å². The maximum Gasteiger partial charge on any atom is 0.317 e. The smallest absolute Gasteiger partial charge is 0.317 e. The van der Waals surface area contributed by atoms with Crippen LogP contribution in [0.1, 0.15) is 26.7 Å². The van der Waals surface area contributed by atoms with Gasteiger partial charge in [0.15, 0.2) is 5.78 Å². The SMILES string of the molecule is CCC#CCC(C)C(=O)CO[PH](=O)O. The summed E-state index contributed by atoms with van der Waals surface area (Å²) in [4.78, 5) is 19.6. The molecule has 4 nitrogen and oxygen atoms in total. The molecule has 0 radical (unpaired) electrons. The standard InChI is InChI=1S/C9H15O4P/c1-3-4-5-6-8(2)9(10)7-13-14(11)12/h8,14H,3,6-7H2,1-2H3,(H,11,12). The normalized spacial score (nSPS) is 13.9. The van der Waals surface area contributed by atoms with Crippen molar-refractivity contribution in [3.05, 3.63) is 0 Å². The molecule has 0 saturated heterocycles. The number of Topliss-reactive ketones (excluding diaryl/α,β-unsaturated/α-hetero) is 1. The van der Waals surface area contributed by atoms with Crippen LogP contribution in [-0.2, 0) is 13.9 Å². The quantitative estimate of drug-likeness (QED) is 0.559. The van der Waals surface area contributed by atoms with Crippen molar-refractivity contribution < 1.29 is 18.8 Å². The van der Waals surface area contributed by atoms with E-state index in [-0.39, 0.29) is 18.3 Å². The number of carbonyl (C=O) groups excluding carboxylic acids is 1. The lowest BCUT2D eigenvalue weighted by molar-refractivity contribution is -0.124. The zero-order valence-corrected chi connectivity index (χ0v) is 9.37. The van der Waals surface area contributed by atoms with Gasteiger partial charge in [-0.25, -0.2) is 0 Å². The zero-order chi connectivity index (χ0) is 11.0. The molecule has 2 atom stereocenters. The first-order valence-corrected chi connectivity index (χ1v) is 5.68. The van der Waals surface area contributed by atoms with Crippen molar-refractivity contribution in [2.45, 2.75) is 26.7 Å². The third-order valence-electron chi connectivity index (χ3n) is 1.60. The van der Waals surface area contributed by atoms with E-state index in [4.69, 9.17) is 4.89 Å². The van der Waals surface area contributed by atoms with Gasteiger partial charge in [0.25, 0.3) is 0 Å². The summed E-state index contributed by atoms with van der Waals surface area (Å²) in [5.41, 5.74) is 0. The molecule has 0 aliphatic rings. The molecule has 0 aliphatic carbocycles. The van der Waals surface area contributed by atoms with Crippen LogP contribution in [-0.4, -0.2) is 17.3 Å². The molecule has 0 rings (SSSR count). The van der Waals surface area contributed by atoms with Gasteiger partial charge in [0.05, 0.1) is 0 Å². The summed E-state index contributed by atoms with van der Waals surface area (Å²) in [6, 6.07) is 0. The maximum atomic E-state index is 11.2. The van der Waals surface area contributed by atoms with Gasteiger partial charge < -0.3 is 9.42 Å². The van der Waals surface area contributed by atoms with Crippen LogP contribution in [0, 0.1) is 17.8 Å². The molecule has 0 spiro atoms. The van der Waals surface area contributed by atoms with Crippen molar-refractivity contribution in [1.82, 2.24) is 0 Å². The molecule has 0 amide bonds. The second-order valence-electron chi connectivity index (χ2n) is 2.83. The number of rotatable bonds is 5. The van der Waals surface area contributed by atoms with Gasteiger partial charge in [-0.2, -0.15) is 0 Å². The van der Waals surface area contributed by atoms with Crippen LogP contribution in [0.5, 0.6) is 0 Å². The highest BCUT2D eigenvalue weighted by atomic mass is 31.1. The fourth-order valence-electron chi connectivity index (χ4n) is 0.739. The number of carbonyl (C=O) groups is 1. The Morgan fingerprint density at radius 1 is 1.57 bits per heavy atom. The lowest BCUT2D eigenvalue weighted by Gasteiger charge is -2.05. The monoisotopic (exact) mass is 218 g/mol. The second-order valence-corrected chi connectivity index (χ2v) is 3.65. The van der Waals surface area contributed by atoms with Crippen molar-refractivity contribution in [2.24, 2.45) is 5.92 Å². The Balaban J connectivity index is 3.81. The van der Waals surface area contributed by atoms with Crippen molar-refractivity contribution in [2.75, 3.05) is 6.61 Å². The molecular formula is C9H15O4P. The Morgan fingerprint density at radius 3 is 2.71 bits per heavy atom. The van der Waals surface area contributed by atoms with E-state index in [1.165, 1.54) is 0 Å². The predicted molar refractivity (Wildman–Crippen MR) is 54.0 cm³/mol. The topological polar surface area (TPSA) is 63.6 Å². The number of hydrogen-bond donors (Lipinski definition) is 1. The molecule has 0 aromatic rings. The molecule has 0 saturated carbocycles. The Morgan fingerprint density at radius 2 is 2.21 bits per heavy atom. The summed E-state index contributed by atoms with van der Waals surface area (Å²) < 4.78 is 14.5. The van der Waals surface area contributed by atoms with E-state index in [0.29, 0.717) is 6.42 Å². The average molecular weight is 218 g/mol. The van der Waals surface area contributed by atoms with Gasteiger partial charge >= 0.3 is 8.25 Å². The van der Waals surface area contributed by atoms with Crippen LogP contribution >= 0.6 is 8.25 Å². The average Bonchev–Trinajstić information content (AvgIpc) is 2.14. The zero-order valence-electron chi connectivity index (χ0n) is 8.37. The van der Waals surface area contributed by atoms with Crippen LogP contribution in [0.2, 0.25) is 0 Å². The number of ketones is 1. The molecule has 0 bridgehead atoms. The summed E-state index contributed by atoms with van der Waals surface area (Å²) in [5, 5.41) is 0. The minimum absolute atomic E-state index is 0.192. The van der Waals surface area contributed by atoms with Crippen LogP contribution < -0.4 is 0 Å². The van der Waals surface area contributed by atoms with E-state index < -0.39 is 8.25 Å². The highest BCUT2D eigenvalue weighted by molar-refractivity contribution is 7.32. The summed E-state index contributed by atoms with van der Waals surface area (Å²) in [6.07, 6.45) is 1.24. The molecule has 14 heavy (non-hydrogen) atoms. The predicted octanol–water partition coefficient (Wildman–Crippen LogP) is 1.39. The van der Waals surface area contributed by atoms with Gasteiger partial charge in [0.2, 0.25) is 0 Å². The Bertz CT molecular complexity index is 264. The van der Waals surface area contributed by atoms with Crippen LogP contribution in [0.25, 0.3) is 0 Å². The number of hydrogen-bond acceptors (Lipinski definition) is 3. The highest BCUT2D eigenvalue weighted by Crippen LogP contribution is 2.15. The third kappa shape index (κ3) is 6.85. The molecule has 0 fully saturated rings. The summed E-state index contributed by atoms with van der Waals surface area (Å²) in [6.45, 7) is 3.36. The first-order valence-electron chi connectivity index (χ1n) is 4.42. The van der Waals surface area contributed by atoms with Gasteiger partial charge in [-0.15, -0.1) is 11.8 Å². The maximum absolute atomic E-state index is 11.2. The Labute approximate surface area is 84.6 Å². The Kier molecular flexibility index (Phi) is 7.41. The molecule has 80 valence electrons. The van der Waals surface area contributed by atoms with Crippen molar-refractivity contribution in [3.63, 3.8) is 0 Å². The minimum atomic E-state index is -2.99. The summed E-state index contributed by atoms with van der Waals surface area (Å²) in [7, 11) is -2.99. The van der Waals surface area contributed by atoms with Crippen LogP contribution in [0.3, 0.4) is 0 Å². The van der Waals surface area contributed by atoms with Crippen LogP contribution in [0.15, 0.2) is 0 Å². The van der Waals surface area contributed by atoms with Gasteiger partial charge in [-0.1, -0.05) is 13.8 Å². The fraction of sp³-hybridized carbons (Fsp3) is 0.667. The first kappa shape index (κ1) is 13.4. The molecular weight excluding hydrogens is 203 g/mol. The van der Waals surface area contributed by atoms with Crippen LogP contribution in [0.4, 0.5) is 0 Å². The highest BCUT2D eigenvalue weighted by Gasteiger charge is 2.12. The molecule has 0 aromatic carbocycles. The van der Waals surface area contributed by atoms with E-state index in [2.05, 4.69) is 16.4 Å². The van der Waals surface area contributed by atoms with Crippen molar-refractivity contribution >= 4 is 14.0 Å². The minimum Gasteiger partial charge on any atom is -0.326 e. The van der Waals surface area contributed by atoms with Crippen molar-refractivity contribution in [3.8, 4) is 11.8 Å². The summed E-state index contributed by atoms with van der Waals surface area (Å²) >= 11 is 0. The van der Waals surface area contributed by atoms with Gasteiger partial charge in [0.1, 0.15) is 6.61 Å². The fourth-order valence-corrected chi connectivity index (χ4v) is 1.00. The summed E-state index contributed by atoms with van der Waals surface area (Å²) in [5.74, 6) is 5.26. The van der Waals surface area contributed by atoms with Gasteiger partial charge in [-0.05, 0) is 0 Å². The lowest BCUT2D eigenvalue weighted by Crippen LogP contribution is -2.15. The third-order valence-corrected chi connectivity index (χ3v) is 1.99. The Hall–Kier alpha value is -0.620. The van der Waals surface area contributed by atoms with E-state index in [1.807, 2.05) is 6.92 Å². The van der Waals surface area contributed by atoms with E-state index in [1.54, 1.807) is 6.92 Å². The van der Waals surface area contributed by atoms with E-state index in [9.17, 15) is 9.36 Å². The van der Waals surface area contributed by atoms with E-state index >= 15 is 0 Å². The second kappa shape index (κ2) is 7.75. The molecule has 5 heteroatoms. The van der Waals surface area contributed by atoms with Gasteiger partial charge in [-0.3, -0.25) is 9.36 Å². The molecule has 0 heterocycles. The molecule has 0 aliphatic heterocycles. The van der Waals surface area contributed by atoms with Crippen molar-refractivity contribution in [1.29, 1.82) is 0 Å². The molecule has 0 aromatic heterocycles. The molecule has 2 unspecified atom stereocenters. The lowest BCUT2D eigenvalue weighted by atomic mass is 10.0. The van der Waals surface area contributed by atoms with E-state index in [0.717, 1.165) is 6.42 Å². The molecule has 1 N–H and O–H groups in total. The first-order chi connectivity index (χ1) is 6.57.